The minimum atomic E-state index is -1.16. The maximum atomic E-state index is 10.8. The summed E-state index contributed by atoms with van der Waals surface area (Å²) in [7, 11) is 0. The first-order valence-corrected chi connectivity index (χ1v) is 4.15. The largest absolute Gasteiger partial charge is 0.508 e. The number of hydrogen-bond acceptors (Lipinski definition) is 4. The molecule has 1 heterocycles. The minimum absolute atomic E-state index is 0.0602. The van der Waals surface area contributed by atoms with Gasteiger partial charge in [-0.05, 0) is 17.7 Å². The number of aromatic nitrogens is 1. The van der Waals surface area contributed by atoms with Crippen LogP contribution >= 0.6 is 0 Å². The van der Waals surface area contributed by atoms with Gasteiger partial charge in [0.25, 0.3) is 0 Å². The molecule has 2 N–H and O–H groups in total. The molecule has 2 rings (SSSR count). The number of benzene rings is 1. The second kappa shape index (κ2) is 3.45. The van der Waals surface area contributed by atoms with Gasteiger partial charge in [-0.25, -0.2) is 4.79 Å². The highest BCUT2D eigenvalue weighted by atomic mass is 16.5. The van der Waals surface area contributed by atoms with E-state index in [-0.39, 0.29) is 11.4 Å². The Labute approximate surface area is 84.6 Å². The lowest BCUT2D eigenvalue weighted by Crippen LogP contribution is -1.98. The van der Waals surface area contributed by atoms with Crippen LogP contribution in [0.15, 0.2) is 35.1 Å². The quantitative estimate of drug-likeness (QED) is 0.780. The lowest BCUT2D eigenvalue weighted by Gasteiger charge is -1.98. The van der Waals surface area contributed by atoms with E-state index in [1.54, 1.807) is 12.1 Å². The van der Waals surface area contributed by atoms with Crippen molar-refractivity contribution in [3.63, 3.8) is 0 Å². The summed E-state index contributed by atoms with van der Waals surface area (Å²) in [6.45, 7) is 0. The van der Waals surface area contributed by atoms with Crippen molar-refractivity contribution in [2.24, 2.45) is 0 Å². The molecule has 0 aliphatic rings. The summed E-state index contributed by atoms with van der Waals surface area (Å²) in [6, 6.07) is 6.22. The van der Waals surface area contributed by atoms with Crippen LogP contribution in [0.3, 0.4) is 0 Å². The average molecular weight is 205 g/mol. The molecule has 5 heteroatoms. The van der Waals surface area contributed by atoms with Crippen LogP contribution in [0.5, 0.6) is 5.75 Å². The number of phenolic OH excluding ortho intramolecular Hbond substituents is 1. The summed E-state index contributed by atoms with van der Waals surface area (Å²) in [6.07, 6.45) is 1.23. The maximum absolute atomic E-state index is 10.8. The van der Waals surface area contributed by atoms with E-state index in [0.717, 1.165) is 0 Å². The van der Waals surface area contributed by atoms with Crippen LogP contribution in [0.4, 0.5) is 0 Å². The van der Waals surface area contributed by atoms with E-state index in [9.17, 15) is 9.90 Å². The molecule has 0 saturated carbocycles. The molecule has 0 atom stereocenters. The average Bonchev–Trinajstić information content (AvgIpc) is 2.65. The van der Waals surface area contributed by atoms with Gasteiger partial charge in [0.15, 0.2) is 5.69 Å². The Morgan fingerprint density at radius 3 is 2.87 bits per heavy atom. The van der Waals surface area contributed by atoms with E-state index in [0.29, 0.717) is 11.1 Å². The third-order valence-electron chi connectivity index (χ3n) is 1.93. The van der Waals surface area contributed by atoms with Crippen molar-refractivity contribution < 1.29 is 19.5 Å². The predicted molar refractivity (Wildman–Crippen MR) is 50.6 cm³/mol. The molecular formula is C10H7NO4. The van der Waals surface area contributed by atoms with Crippen molar-refractivity contribution in [3.05, 3.63) is 36.2 Å². The highest BCUT2D eigenvalue weighted by Crippen LogP contribution is 2.25. The zero-order valence-electron chi connectivity index (χ0n) is 7.54. The number of carbonyl (C=O) groups is 1. The Balaban J connectivity index is 2.54. The number of aromatic hydroxyl groups is 1. The molecule has 0 saturated heterocycles. The first-order valence-electron chi connectivity index (χ1n) is 4.15. The van der Waals surface area contributed by atoms with Crippen LogP contribution in [0, 0.1) is 0 Å². The minimum Gasteiger partial charge on any atom is -0.508 e. The molecule has 5 nitrogen and oxygen atoms in total. The summed E-state index contributed by atoms with van der Waals surface area (Å²) in [5.41, 5.74) is 0.729. The second-order valence-electron chi connectivity index (χ2n) is 2.93. The Kier molecular flexibility index (Phi) is 2.13. The molecule has 0 amide bonds. The fraction of sp³-hybridized carbons (Fsp3) is 0. The van der Waals surface area contributed by atoms with Crippen molar-refractivity contribution in [2.45, 2.75) is 0 Å². The van der Waals surface area contributed by atoms with Crippen LogP contribution < -0.4 is 0 Å². The molecule has 0 aliphatic carbocycles. The summed E-state index contributed by atoms with van der Waals surface area (Å²) in [5.74, 6) is -1.10. The SMILES string of the molecule is O=C(O)c1nocc1-c1cccc(O)c1. The van der Waals surface area contributed by atoms with Gasteiger partial charge < -0.3 is 14.7 Å². The van der Waals surface area contributed by atoms with E-state index in [1.807, 2.05) is 0 Å². The highest BCUT2D eigenvalue weighted by molar-refractivity contribution is 5.93. The van der Waals surface area contributed by atoms with Crippen LogP contribution in [0.2, 0.25) is 0 Å². The number of aromatic carboxylic acids is 1. The number of phenols is 1. The molecule has 1 aromatic carbocycles. The van der Waals surface area contributed by atoms with Crippen molar-refractivity contribution in [3.8, 4) is 16.9 Å². The van der Waals surface area contributed by atoms with E-state index in [1.165, 1.54) is 18.4 Å². The monoisotopic (exact) mass is 205 g/mol. The Morgan fingerprint density at radius 1 is 1.40 bits per heavy atom. The normalized spacial score (nSPS) is 10.1. The van der Waals surface area contributed by atoms with Crippen LogP contribution in [-0.2, 0) is 0 Å². The number of carboxylic acid groups (broad SMARTS) is 1. The third kappa shape index (κ3) is 1.67. The first kappa shape index (κ1) is 9.26. The molecule has 15 heavy (non-hydrogen) atoms. The molecule has 0 spiro atoms. The van der Waals surface area contributed by atoms with Gasteiger partial charge >= 0.3 is 5.97 Å². The molecule has 2 aromatic rings. The number of carboxylic acids is 1. The Morgan fingerprint density at radius 2 is 2.20 bits per heavy atom. The predicted octanol–water partition coefficient (Wildman–Crippen LogP) is 1.75. The topological polar surface area (TPSA) is 83.6 Å². The molecule has 0 unspecified atom stereocenters. The smallest absolute Gasteiger partial charge is 0.358 e. The molecule has 0 bridgehead atoms. The molecule has 0 fully saturated rings. The summed E-state index contributed by atoms with van der Waals surface area (Å²) in [5, 5.41) is 21.4. The Bertz CT molecular complexity index is 504. The maximum Gasteiger partial charge on any atom is 0.358 e. The molecule has 1 aromatic heterocycles. The van der Waals surface area contributed by atoms with Crippen molar-refractivity contribution in [1.82, 2.24) is 5.16 Å². The molecule has 76 valence electrons. The molecule has 0 radical (unpaired) electrons. The summed E-state index contributed by atoms with van der Waals surface area (Å²) in [4.78, 5) is 10.8. The number of hydrogen-bond donors (Lipinski definition) is 2. The fourth-order valence-electron chi connectivity index (χ4n) is 1.27. The van der Waals surface area contributed by atoms with Crippen molar-refractivity contribution in [2.75, 3.05) is 0 Å². The highest BCUT2D eigenvalue weighted by Gasteiger charge is 2.16. The van der Waals surface area contributed by atoms with Gasteiger partial charge in [0.2, 0.25) is 0 Å². The fourth-order valence-corrected chi connectivity index (χ4v) is 1.27. The van der Waals surface area contributed by atoms with Gasteiger partial charge in [0.1, 0.15) is 12.0 Å². The van der Waals surface area contributed by atoms with E-state index >= 15 is 0 Å². The first-order chi connectivity index (χ1) is 7.18. The van der Waals surface area contributed by atoms with Crippen LogP contribution in [0.25, 0.3) is 11.1 Å². The molecular weight excluding hydrogens is 198 g/mol. The second-order valence-corrected chi connectivity index (χ2v) is 2.93. The van der Waals surface area contributed by atoms with Crippen molar-refractivity contribution >= 4 is 5.97 Å². The van der Waals surface area contributed by atoms with Crippen molar-refractivity contribution in [1.29, 1.82) is 0 Å². The summed E-state index contributed by atoms with van der Waals surface area (Å²) >= 11 is 0. The lowest BCUT2D eigenvalue weighted by molar-refractivity contribution is 0.0686. The number of nitrogens with zero attached hydrogens (tertiary/aromatic N) is 1. The molecule has 0 aliphatic heterocycles. The number of rotatable bonds is 2. The zero-order valence-corrected chi connectivity index (χ0v) is 7.54. The third-order valence-corrected chi connectivity index (χ3v) is 1.93. The zero-order chi connectivity index (χ0) is 10.8. The lowest BCUT2D eigenvalue weighted by atomic mass is 10.1. The van der Waals surface area contributed by atoms with Gasteiger partial charge in [0.05, 0.1) is 5.56 Å². The van der Waals surface area contributed by atoms with Gasteiger partial charge in [-0.3, -0.25) is 0 Å². The van der Waals surface area contributed by atoms with Crippen LogP contribution in [0.1, 0.15) is 10.5 Å². The van der Waals surface area contributed by atoms with Gasteiger partial charge in [-0.2, -0.15) is 0 Å². The van der Waals surface area contributed by atoms with E-state index < -0.39 is 5.97 Å². The van der Waals surface area contributed by atoms with Gasteiger partial charge in [0, 0.05) is 0 Å². The summed E-state index contributed by atoms with van der Waals surface area (Å²) < 4.78 is 4.59. The Hall–Kier alpha value is -2.30. The van der Waals surface area contributed by atoms with E-state index in [4.69, 9.17) is 5.11 Å². The standard InChI is InChI=1S/C10H7NO4/c12-7-3-1-2-6(4-7)8-5-15-11-9(8)10(13)14/h1-5,12H,(H,13,14). The van der Waals surface area contributed by atoms with Crippen LogP contribution in [-0.4, -0.2) is 21.3 Å². The van der Waals surface area contributed by atoms with Gasteiger partial charge in [-0.15, -0.1) is 0 Å². The van der Waals surface area contributed by atoms with Gasteiger partial charge in [-0.1, -0.05) is 17.3 Å². The van der Waals surface area contributed by atoms with E-state index in [2.05, 4.69) is 9.68 Å².